The van der Waals surface area contributed by atoms with E-state index in [-0.39, 0.29) is 13.2 Å². The van der Waals surface area contributed by atoms with E-state index in [9.17, 15) is 9.59 Å². The van der Waals surface area contributed by atoms with Crippen molar-refractivity contribution in [1.82, 2.24) is 0 Å². The summed E-state index contributed by atoms with van der Waals surface area (Å²) in [5, 5.41) is 2.72. The lowest BCUT2D eigenvalue weighted by molar-refractivity contribution is -0.149. The lowest BCUT2D eigenvalue weighted by atomic mass is 10.1. The van der Waals surface area contributed by atoms with Gasteiger partial charge in [0.2, 0.25) is 0 Å². The third-order valence-corrected chi connectivity index (χ3v) is 4.65. The molecule has 154 valence electrons. The van der Waals surface area contributed by atoms with Crippen LogP contribution in [0.2, 0.25) is 0 Å². The standard InChI is InChI=1S/C22H26N2O5/c1-27-19-7-3-4-8-20(19)28-16-22(26)29-15-21(25)23-17-9-11-18(12-10-17)24-13-5-2-6-14-24/h3-4,7-12H,2,5-6,13-16H2,1H3,(H,23,25). The van der Waals surface area contributed by atoms with Gasteiger partial charge in [0.15, 0.2) is 24.7 Å². The number of piperidine rings is 1. The molecule has 0 radical (unpaired) electrons. The highest BCUT2D eigenvalue weighted by Gasteiger charge is 2.12. The van der Waals surface area contributed by atoms with Crippen molar-refractivity contribution in [3.05, 3.63) is 48.5 Å². The summed E-state index contributed by atoms with van der Waals surface area (Å²) in [4.78, 5) is 26.2. The number of hydrogen-bond acceptors (Lipinski definition) is 6. The maximum atomic E-state index is 12.0. The summed E-state index contributed by atoms with van der Waals surface area (Å²) in [6, 6.07) is 14.7. The zero-order valence-electron chi connectivity index (χ0n) is 16.6. The molecule has 29 heavy (non-hydrogen) atoms. The third kappa shape index (κ3) is 6.14. The van der Waals surface area contributed by atoms with Gasteiger partial charge in [-0.25, -0.2) is 4.79 Å². The van der Waals surface area contributed by atoms with Gasteiger partial charge < -0.3 is 24.4 Å². The molecule has 3 rings (SSSR count). The number of amides is 1. The van der Waals surface area contributed by atoms with Crippen molar-refractivity contribution in [2.24, 2.45) is 0 Å². The fraction of sp³-hybridized carbons (Fsp3) is 0.364. The summed E-state index contributed by atoms with van der Waals surface area (Å²) < 4.78 is 15.5. The molecular formula is C22H26N2O5. The van der Waals surface area contributed by atoms with Gasteiger partial charge in [0.25, 0.3) is 5.91 Å². The van der Waals surface area contributed by atoms with E-state index in [1.807, 2.05) is 24.3 Å². The van der Waals surface area contributed by atoms with Crippen LogP contribution >= 0.6 is 0 Å². The molecule has 0 unspecified atom stereocenters. The predicted octanol–water partition coefficient (Wildman–Crippen LogP) is 3.25. The van der Waals surface area contributed by atoms with Crippen molar-refractivity contribution in [1.29, 1.82) is 0 Å². The topological polar surface area (TPSA) is 77.1 Å². The SMILES string of the molecule is COc1ccccc1OCC(=O)OCC(=O)Nc1ccc(N2CCCCC2)cc1. The van der Waals surface area contributed by atoms with Crippen molar-refractivity contribution in [2.75, 3.05) is 43.6 Å². The molecule has 0 atom stereocenters. The second-order valence-corrected chi connectivity index (χ2v) is 6.74. The van der Waals surface area contributed by atoms with Crippen molar-refractivity contribution >= 4 is 23.3 Å². The lowest BCUT2D eigenvalue weighted by Crippen LogP contribution is -2.29. The van der Waals surface area contributed by atoms with Crippen molar-refractivity contribution < 1.29 is 23.8 Å². The van der Waals surface area contributed by atoms with Crippen molar-refractivity contribution in [3.8, 4) is 11.5 Å². The Morgan fingerprint density at radius 1 is 0.931 bits per heavy atom. The first-order chi connectivity index (χ1) is 14.2. The van der Waals surface area contributed by atoms with Gasteiger partial charge in [-0.1, -0.05) is 12.1 Å². The number of nitrogens with one attached hydrogen (secondary N) is 1. The van der Waals surface area contributed by atoms with Gasteiger partial charge in [-0.15, -0.1) is 0 Å². The molecule has 0 bridgehead atoms. The van der Waals surface area contributed by atoms with Crippen LogP contribution in [0.15, 0.2) is 48.5 Å². The number of anilines is 2. The van der Waals surface area contributed by atoms with E-state index in [4.69, 9.17) is 14.2 Å². The Hall–Kier alpha value is -3.22. The molecule has 1 heterocycles. The highest BCUT2D eigenvalue weighted by atomic mass is 16.6. The molecule has 7 heteroatoms. The normalized spacial score (nSPS) is 13.5. The van der Waals surface area contributed by atoms with E-state index >= 15 is 0 Å². The molecule has 2 aromatic rings. The number of carbonyl (C=O) groups excluding carboxylic acids is 2. The van der Waals surface area contributed by atoms with E-state index in [0.29, 0.717) is 17.2 Å². The number of hydrogen-bond donors (Lipinski definition) is 1. The summed E-state index contributed by atoms with van der Waals surface area (Å²) in [6.45, 7) is 1.46. The maximum absolute atomic E-state index is 12.0. The number of rotatable bonds is 8. The Labute approximate surface area is 170 Å². The predicted molar refractivity (Wildman–Crippen MR) is 111 cm³/mol. The molecule has 1 aliphatic heterocycles. The summed E-state index contributed by atoms with van der Waals surface area (Å²) in [5.41, 5.74) is 1.82. The summed E-state index contributed by atoms with van der Waals surface area (Å²) >= 11 is 0. The Balaban J connectivity index is 1.40. The molecule has 1 saturated heterocycles. The van der Waals surface area contributed by atoms with E-state index < -0.39 is 11.9 Å². The van der Waals surface area contributed by atoms with E-state index in [1.165, 1.54) is 26.4 Å². The van der Waals surface area contributed by atoms with Gasteiger partial charge in [-0.2, -0.15) is 0 Å². The number of para-hydroxylation sites is 2. The number of nitrogens with zero attached hydrogens (tertiary/aromatic N) is 1. The largest absolute Gasteiger partial charge is 0.493 e. The van der Waals surface area contributed by atoms with Crippen LogP contribution in [-0.2, 0) is 14.3 Å². The van der Waals surface area contributed by atoms with E-state index in [2.05, 4.69) is 10.2 Å². The molecular weight excluding hydrogens is 372 g/mol. The third-order valence-electron chi connectivity index (χ3n) is 4.65. The van der Waals surface area contributed by atoms with Crippen LogP contribution in [0.3, 0.4) is 0 Å². The van der Waals surface area contributed by atoms with Gasteiger partial charge >= 0.3 is 5.97 Å². The first-order valence-electron chi connectivity index (χ1n) is 9.72. The summed E-state index contributed by atoms with van der Waals surface area (Å²) in [6.07, 6.45) is 3.71. The Bertz CT molecular complexity index is 816. The molecule has 1 fully saturated rings. The van der Waals surface area contributed by atoms with Gasteiger partial charge in [-0.05, 0) is 55.7 Å². The second kappa shape index (κ2) is 10.4. The number of methoxy groups -OCH3 is 1. The van der Waals surface area contributed by atoms with Crippen molar-refractivity contribution in [2.45, 2.75) is 19.3 Å². The minimum atomic E-state index is -0.633. The van der Waals surface area contributed by atoms with Crippen LogP contribution in [0, 0.1) is 0 Å². The molecule has 0 spiro atoms. The summed E-state index contributed by atoms with van der Waals surface area (Å²) in [5.74, 6) is -0.0795. The fourth-order valence-corrected chi connectivity index (χ4v) is 3.17. The Kier molecular flexibility index (Phi) is 7.33. The number of esters is 1. The Morgan fingerprint density at radius 2 is 1.62 bits per heavy atom. The molecule has 7 nitrogen and oxygen atoms in total. The van der Waals surface area contributed by atoms with Crippen LogP contribution in [-0.4, -0.2) is 45.3 Å². The molecule has 0 aromatic heterocycles. The number of ether oxygens (including phenoxy) is 3. The lowest BCUT2D eigenvalue weighted by Gasteiger charge is -2.28. The van der Waals surface area contributed by atoms with Gasteiger partial charge in [-0.3, -0.25) is 4.79 Å². The van der Waals surface area contributed by atoms with Crippen LogP contribution < -0.4 is 19.7 Å². The monoisotopic (exact) mass is 398 g/mol. The smallest absolute Gasteiger partial charge is 0.344 e. The number of carbonyl (C=O) groups is 2. The molecule has 0 saturated carbocycles. The average molecular weight is 398 g/mol. The zero-order chi connectivity index (χ0) is 20.5. The van der Waals surface area contributed by atoms with Crippen molar-refractivity contribution in [3.63, 3.8) is 0 Å². The van der Waals surface area contributed by atoms with E-state index in [0.717, 1.165) is 18.8 Å². The van der Waals surface area contributed by atoms with Crippen LogP contribution in [0.25, 0.3) is 0 Å². The molecule has 1 N–H and O–H groups in total. The first-order valence-corrected chi connectivity index (χ1v) is 9.72. The molecule has 1 amide bonds. The van der Waals surface area contributed by atoms with Crippen LogP contribution in [0.4, 0.5) is 11.4 Å². The Morgan fingerprint density at radius 3 is 2.31 bits per heavy atom. The second-order valence-electron chi connectivity index (χ2n) is 6.74. The molecule has 0 aliphatic carbocycles. The maximum Gasteiger partial charge on any atom is 0.344 e. The quantitative estimate of drug-likeness (QED) is 0.688. The van der Waals surface area contributed by atoms with Gasteiger partial charge in [0.1, 0.15) is 0 Å². The minimum Gasteiger partial charge on any atom is -0.493 e. The van der Waals surface area contributed by atoms with Gasteiger partial charge in [0, 0.05) is 24.5 Å². The molecule has 2 aromatic carbocycles. The minimum absolute atomic E-state index is 0.307. The first kappa shape index (κ1) is 20.5. The van der Waals surface area contributed by atoms with E-state index in [1.54, 1.807) is 24.3 Å². The van der Waals surface area contributed by atoms with Crippen LogP contribution in [0.5, 0.6) is 11.5 Å². The highest BCUT2D eigenvalue weighted by molar-refractivity contribution is 5.93. The van der Waals surface area contributed by atoms with Crippen LogP contribution in [0.1, 0.15) is 19.3 Å². The number of benzene rings is 2. The highest BCUT2D eigenvalue weighted by Crippen LogP contribution is 2.25. The zero-order valence-corrected chi connectivity index (χ0v) is 16.6. The van der Waals surface area contributed by atoms with Gasteiger partial charge in [0.05, 0.1) is 7.11 Å². The molecule has 1 aliphatic rings. The fourth-order valence-electron chi connectivity index (χ4n) is 3.17. The summed E-state index contributed by atoms with van der Waals surface area (Å²) in [7, 11) is 1.52. The average Bonchev–Trinajstić information content (AvgIpc) is 2.77.